The van der Waals surface area contributed by atoms with Crippen molar-refractivity contribution in [2.45, 2.75) is 6.42 Å². The number of piperazine rings is 1. The molecule has 0 amide bonds. The first-order valence-corrected chi connectivity index (χ1v) is 5.48. The van der Waals surface area contributed by atoms with Crippen molar-refractivity contribution in [3.63, 3.8) is 0 Å². The second kappa shape index (κ2) is 5.03. The van der Waals surface area contributed by atoms with Crippen LogP contribution in [0.1, 0.15) is 6.42 Å². The van der Waals surface area contributed by atoms with E-state index in [1.54, 1.807) is 7.11 Å². The molecule has 2 rings (SSSR count). The molecule has 15 heavy (non-hydrogen) atoms. The maximum Gasteiger partial charge on any atom is 0.115 e. The van der Waals surface area contributed by atoms with Crippen LogP contribution in [0.15, 0.2) is 35.8 Å². The number of nitrogens with one attached hydrogen (secondary N) is 1. The number of methoxy groups -OCH3 is 1. The summed E-state index contributed by atoms with van der Waals surface area (Å²) in [4.78, 5) is 2.42. The predicted octanol–water partition coefficient (Wildman–Crippen LogP) is 1.27. The van der Waals surface area contributed by atoms with Crippen molar-refractivity contribution in [3.05, 3.63) is 35.8 Å². The Balaban J connectivity index is 2.01. The van der Waals surface area contributed by atoms with E-state index >= 15 is 0 Å². The molecule has 3 nitrogen and oxygen atoms in total. The molecule has 1 aliphatic carbocycles. The van der Waals surface area contributed by atoms with Crippen molar-refractivity contribution in [3.8, 4) is 0 Å². The van der Waals surface area contributed by atoms with Crippen molar-refractivity contribution in [1.82, 2.24) is 10.2 Å². The van der Waals surface area contributed by atoms with Gasteiger partial charge in [-0.3, -0.25) is 0 Å². The van der Waals surface area contributed by atoms with Crippen molar-refractivity contribution >= 4 is 0 Å². The Morgan fingerprint density at radius 3 is 2.73 bits per heavy atom. The molecule has 0 aromatic rings. The quantitative estimate of drug-likeness (QED) is 0.736. The number of hydrogen-bond acceptors (Lipinski definition) is 3. The van der Waals surface area contributed by atoms with Gasteiger partial charge in [0.15, 0.2) is 0 Å². The van der Waals surface area contributed by atoms with Crippen LogP contribution in [0, 0.1) is 0 Å². The molecule has 1 fully saturated rings. The minimum absolute atomic E-state index is 0.954. The first-order valence-electron chi connectivity index (χ1n) is 5.48. The molecule has 0 saturated carbocycles. The van der Waals surface area contributed by atoms with Crippen LogP contribution in [0.5, 0.6) is 0 Å². The standard InChI is InChI=1S/C12H18N2O/c1-15-12-4-2-3-11(5-6-12)14-9-7-13-8-10-14/h3-6,13H,2,7-10H2,1H3. The lowest BCUT2D eigenvalue weighted by molar-refractivity contribution is 0.303. The van der Waals surface area contributed by atoms with E-state index in [-0.39, 0.29) is 0 Å². The molecule has 0 aromatic heterocycles. The zero-order valence-corrected chi connectivity index (χ0v) is 9.20. The SMILES string of the molecule is COC1=CCC=C(N2CCNCC2)C=C1. The van der Waals surface area contributed by atoms with Gasteiger partial charge in [-0.15, -0.1) is 0 Å². The highest BCUT2D eigenvalue weighted by molar-refractivity contribution is 5.29. The molecule has 82 valence electrons. The highest BCUT2D eigenvalue weighted by atomic mass is 16.5. The molecule has 0 radical (unpaired) electrons. The summed E-state index contributed by atoms with van der Waals surface area (Å²) in [5.41, 5.74) is 1.32. The Morgan fingerprint density at radius 1 is 1.20 bits per heavy atom. The van der Waals surface area contributed by atoms with Crippen LogP contribution in [-0.2, 0) is 4.74 Å². The van der Waals surface area contributed by atoms with Crippen molar-refractivity contribution in [1.29, 1.82) is 0 Å². The number of ether oxygens (including phenoxy) is 1. The summed E-state index contributed by atoms with van der Waals surface area (Å²) < 4.78 is 5.22. The van der Waals surface area contributed by atoms with Gasteiger partial charge in [0.05, 0.1) is 7.11 Å². The predicted molar refractivity (Wildman–Crippen MR) is 61.4 cm³/mol. The molecule has 1 saturated heterocycles. The van der Waals surface area contributed by atoms with Crippen molar-refractivity contribution < 1.29 is 4.74 Å². The fourth-order valence-corrected chi connectivity index (χ4v) is 1.91. The van der Waals surface area contributed by atoms with E-state index in [4.69, 9.17) is 4.74 Å². The van der Waals surface area contributed by atoms with Crippen LogP contribution >= 0.6 is 0 Å². The molecule has 2 aliphatic rings. The second-order valence-corrected chi connectivity index (χ2v) is 3.75. The average Bonchev–Trinajstić information content (AvgIpc) is 2.55. The van der Waals surface area contributed by atoms with Gasteiger partial charge in [0, 0.05) is 31.9 Å². The van der Waals surface area contributed by atoms with Crippen LogP contribution in [-0.4, -0.2) is 38.2 Å². The summed E-state index contributed by atoms with van der Waals surface area (Å²) in [6, 6.07) is 0. The number of hydrogen-bond donors (Lipinski definition) is 1. The smallest absolute Gasteiger partial charge is 0.115 e. The van der Waals surface area contributed by atoms with Gasteiger partial charge in [0.2, 0.25) is 0 Å². The normalized spacial score (nSPS) is 21.8. The van der Waals surface area contributed by atoms with Crippen LogP contribution in [0.2, 0.25) is 0 Å². The lowest BCUT2D eigenvalue weighted by Gasteiger charge is -2.30. The van der Waals surface area contributed by atoms with Gasteiger partial charge in [0.1, 0.15) is 5.76 Å². The molecule has 3 heteroatoms. The van der Waals surface area contributed by atoms with Gasteiger partial charge in [-0.2, -0.15) is 0 Å². The largest absolute Gasteiger partial charge is 0.497 e. The molecular weight excluding hydrogens is 188 g/mol. The highest BCUT2D eigenvalue weighted by Crippen LogP contribution is 2.14. The van der Waals surface area contributed by atoms with Crippen LogP contribution in [0.3, 0.4) is 0 Å². The molecule has 0 atom stereocenters. The molecule has 0 aromatic carbocycles. The summed E-state index contributed by atoms with van der Waals surface area (Å²) in [6.45, 7) is 4.35. The summed E-state index contributed by atoms with van der Waals surface area (Å²) >= 11 is 0. The van der Waals surface area contributed by atoms with Gasteiger partial charge in [-0.05, 0) is 24.6 Å². The van der Waals surface area contributed by atoms with Crippen molar-refractivity contribution in [2.75, 3.05) is 33.3 Å². The zero-order chi connectivity index (χ0) is 10.5. The van der Waals surface area contributed by atoms with E-state index in [1.165, 1.54) is 5.70 Å². The average molecular weight is 206 g/mol. The Bertz CT molecular complexity index is 299. The van der Waals surface area contributed by atoms with E-state index in [0.29, 0.717) is 0 Å². The minimum atomic E-state index is 0.954. The lowest BCUT2D eigenvalue weighted by atomic mass is 10.2. The van der Waals surface area contributed by atoms with Crippen LogP contribution in [0.4, 0.5) is 0 Å². The second-order valence-electron chi connectivity index (χ2n) is 3.75. The van der Waals surface area contributed by atoms with Crippen LogP contribution < -0.4 is 5.32 Å². The van der Waals surface area contributed by atoms with Gasteiger partial charge < -0.3 is 15.0 Å². The van der Waals surface area contributed by atoms with Gasteiger partial charge >= 0.3 is 0 Å². The van der Waals surface area contributed by atoms with Gasteiger partial charge in [0.25, 0.3) is 0 Å². The topological polar surface area (TPSA) is 24.5 Å². The summed E-state index contributed by atoms with van der Waals surface area (Å²) in [5.74, 6) is 0.955. The Morgan fingerprint density at radius 2 is 2.00 bits per heavy atom. The van der Waals surface area contributed by atoms with E-state index in [9.17, 15) is 0 Å². The molecule has 1 N–H and O–H groups in total. The van der Waals surface area contributed by atoms with Crippen LogP contribution in [0.25, 0.3) is 0 Å². The first-order chi connectivity index (χ1) is 7.40. The molecular formula is C12H18N2O. The van der Waals surface area contributed by atoms with Crippen molar-refractivity contribution in [2.24, 2.45) is 0 Å². The third-order valence-electron chi connectivity index (χ3n) is 2.78. The third kappa shape index (κ3) is 2.63. The minimum Gasteiger partial charge on any atom is -0.497 e. The summed E-state index contributed by atoms with van der Waals surface area (Å²) in [5, 5.41) is 3.36. The molecule has 0 spiro atoms. The number of allylic oxidation sites excluding steroid dienone is 4. The summed E-state index contributed by atoms with van der Waals surface area (Å²) in [6.07, 6.45) is 9.50. The number of rotatable bonds is 2. The van der Waals surface area contributed by atoms with Gasteiger partial charge in [-0.25, -0.2) is 0 Å². The maximum absolute atomic E-state index is 5.22. The van der Waals surface area contributed by atoms with E-state index in [2.05, 4.69) is 28.4 Å². The highest BCUT2D eigenvalue weighted by Gasteiger charge is 2.11. The molecule has 1 aliphatic heterocycles. The van der Waals surface area contributed by atoms with Gasteiger partial charge in [-0.1, -0.05) is 6.08 Å². The Labute approximate surface area is 91.1 Å². The van der Waals surface area contributed by atoms with E-state index in [0.717, 1.165) is 38.4 Å². The molecule has 1 heterocycles. The van der Waals surface area contributed by atoms with E-state index in [1.807, 2.05) is 6.08 Å². The zero-order valence-electron chi connectivity index (χ0n) is 9.20. The lowest BCUT2D eigenvalue weighted by Crippen LogP contribution is -2.42. The fourth-order valence-electron chi connectivity index (χ4n) is 1.91. The monoisotopic (exact) mass is 206 g/mol. The molecule has 0 bridgehead atoms. The first kappa shape index (κ1) is 10.3. The summed E-state index contributed by atoms with van der Waals surface area (Å²) in [7, 11) is 1.71. The maximum atomic E-state index is 5.22. The third-order valence-corrected chi connectivity index (χ3v) is 2.78. The number of nitrogens with zero attached hydrogens (tertiary/aromatic N) is 1. The fraction of sp³-hybridized carbons (Fsp3) is 0.500. The Kier molecular flexibility index (Phi) is 3.45. The molecule has 0 unspecified atom stereocenters. The Hall–Kier alpha value is -1.22. The van der Waals surface area contributed by atoms with E-state index < -0.39 is 0 Å².